The number of hydrogen-bond acceptors (Lipinski definition) is 3. The maximum absolute atomic E-state index is 12.1. The molecular formula is C16H17NO2S. The smallest absolute Gasteiger partial charge is 0.178 e. The van der Waals surface area contributed by atoms with Crippen LogP contribution in [0.1, 0.15) is 23.6 Å². The molecule has 0 aliphatic carbocycles. The molecule has 3 rings (SSSR count). The lowest BCUT2D eigenvalue weighted by atomic mass is 10.0. The van der Waals surface area contributed by atoms with E-state index in [9.17, 15) is 8.42 Å². The average Bonchev–Trinajstić information content (AvgIpc) is 2.48. The molecule has 20 heavy (non-hydrogen) atoms. The average molecular weight is 287 g/mol. The molecule has 3 nitrogen and oxygen atoms in total. The van der Waals surface area contributed by atoms with Crippen molar-refractivity contribution in [2.24, 2.45) is 0 Å². The zero-order valence-electron chi connectivity index (χ0n) is 11.1. The fraction of sp³-hybridized carbons (Fsp3) is 0.250. The van der Waals surface area contributed by atoms with E-state index in [-0.39, 0.29) is 11.8 Å². The first-order valence-corrected chi connectivity index (χ1v) is 8.41. The van der Waals surface area contributed by atoms with Gasteiger partial charge in [0.25, 0.3) is 0 Å². The van der Waals surface area contributed by atoms with Gasteiger partial charge in [0.05, 0.1) is 10.6 Å². The maximum atomic E-state index is 12.1. The van der Waals surface area contributed by atoms with Crippen molar-refractivity contribution >= 4 is 9.84 Å². The van der Waals surface area contributed by atoms with Crippen LogP contribution in [0.3, 0.4) is 0 Å². The van der Waals surface area contributed by atoms with Gasteiger partial charge in [0.2, 0.25) is 0 Å². The summed E-state index contributed by atoms with van der Waals surface area (Å²) in [5, 5.41) is 3.47. The van der Waals surface area contributed by atoms with Gasteiger partial charge in [-0.1, -0.05) is 48.5 Å². The van der Waals surface area contributed by atoms with Crippen molar-refractivity contribution < 1.29 is 8.42 Å². The van der Waals surface area contributed by atoms with Crippen LogP contribution in [0.25, 0.3) is 0 Å². The summed E-state index contributed by atoms with van der Waals surface area (Å²) in [4.78, 5) is 0.483. The van der Waals surface area contributed by atoms with Crippen LogP contribution in [0.2, 0.25) is 0 Å². The largest absolute Gasteiger partial charge is 0.306 e. The highest BCUT2D eigenvalue weighted by atomic mass is 32.2. The lowest BCUT2D eigenvalue weighted by Crippen LogP contribution is -2.29. The maximum Gasteiger partial charge on any atom is 0.178 e. The Balaban J connectivity index is 1.82. The summed E-state index contributed by atoms with van der Waals surface area (Å²) in [6, 6.07) is 17.6. The molecule has 1 atom stereocenters. The second kappa shape index (κ2) is 5.38. The Kier molecular flexibility index (Phi) is 3.59. The highest BCUT2D eigenvalue weighted by molar-refractivity contribution is 7.91. The number of nitrogens with one attached hydrogen (secondary N) is 1. The molecule has 0 radical (unpaired) electrons. The Morgan fingerprint density at radius 3 is 2.50 bits per heavy atom. The Bertz CT molecular complexity index is 695. The predicted molar refractivity (Wildman–Crippen MR) is 79.1 cm³/mol. The zero-order chi connectivity index (χ0) is 14.0. The molecule has 1 aliphatic rings. The molecule has 0 amide bonds. The SMILES string of the molecule is O=S1(=O)CCC(NCc2ccccc2)c2ccccc21. The number of rotatable bonds is 3. The van der Waals surface area contributed by atoms with E-state index < -0.39 is 9.84 Å². The Morgan fingerprint density at radius 1 is 1.00 bits per heavy atom. The standard InChI is InChI=1S/C16H17NO2S/c18-20(19)11-10-15(14-8-4-5-9-16(14)20)17-12-13-6-2-1-3-7-13/h1-9,15,17H,10-12H2. The highest BCUT2D eigenvalue weighted by Crippen LogP contribution is 2.31. The first kappa shape index (κ1) is 13.3. The van der Waals surface area contributed by atoms with Crippen molar-refractivity contribution in [2.45, 2.75) is 23.9 Å². The Morgan fingerprint density at radius 2 is 1.70 bits per heavy atom. The number of fused-ring (bicyclic) bond motifs is 1. The number of sulfone groups is 1. The van der Waals surface area contributed by atoms with Gasteiger partial charge in [-0.05, 0) is 23.6 Å². The molecule has 104 valence electrons. The first-order valence-electron chi connectivity index (χ1n) is 6.76. The summed E-state index contributed by atoms with van der Waals surface area (Å²) in [5.74, 6) is 0.219. The highest BCUT2D eigenvalue weighted by Gasteiger charge is 2.29. The van der Waals surface area contributed by atoms with Crippen molar-refractivity contribution in [2.75, 3.05) is 5.75 Å². The normalized spacial score (nSPS) is 20.3. The van der Waals surface area contributed by atoms with E-state index in [2.05, 4.69) is 17.4 Å². The van der Waals surface area contributed by atoms with Gasteiger partial charge in [0.1, 0.15) is 0 Å². The van der Waals surface area contributed by atoms with E-state index in [4.69, 9.17) is 0 Å². The molecule has 1 aliphatic heterocycles. The summed E-state index contributed by atoms with van der Waals surface area (Å²) in [6.07, 6.45) is 0.631. The molecule has 1 N–H and O–H groups in total. The number of hydrogen-bond donors (Lipinski definition) is 1. The lowest BCUT2D eigenvalue weighted by Gasteiger charge is -2.26. The molecular weight excluding hydrogens is 270 g/mol. The van der Waals surface area contributed by atoms with E-state index >= 15 is 0 Å². The van der Waals surface area contributed by atoms with Gasteiger partial charge in [-0.3, -0.25) is 0 Å². The van der Waals surface area contributed by atoms with Gasteiger partial charge >= 0.3 is 0 Å². The van der Waals surface area contributed by atoms with Crippen molar-refractivity contribution in [3.05, 3.63) is 65.7 Å². The van der Waals surface area contributed by atoms with Crippen LogP contribution in [-0.2, 0) is 16.4 Å². The van der Waals surface area contributed by atoms with Crippen LogP contribution in [0.5, 0.6) is 0 Å². The quantitative estimate of drug-likeness (QED) is 0.944. The van der Waals surface area contributed by atoms with E-state index in [1.807, 2.05) is 30.3 Å². The zero-order valence-corrected chi connectivity index (χ0v) is 11.9. The fourth-order valence-electron chi connectivity index (χ4n) is 2.64. The van der Waals surface area contributed by atoms with Gasteiger partial charge in [-0.2, -0.15) is 0 Å². The van der Waals surface area contributed by atoms with Gasteiger partial charge in [-0.15, -0.1) is 0 Å². The van der Waals surface area contributed by atoms with Gasteiger partial charge < -0.3 is 5.32 Å². The molecule has 4 heteroatoms. The van der Waals surface area contributed by atoms with Crippen LogP contribution >= 0.6 is 0 Å². The molecule has 1 heterocycles. The van der Waals surface area contributed by atoms with Gasteiger partial charge in [-0.25, -0.2) is 8.42 Å². The van der Waals surface area contributed by atoms with E-state index in [1.165, 1.54) is 5.56 Å². The molecule has 0 aromatic heterocycles. The molecule has 0 spiro atoms. The summed E-state index contributed by atoms with van der Waals surface area (Å²) in [6.45, 7) is 0.750. The van der Waals surface area contributed by atoms with Gasteiger partial charge in [0, 0.05) is 12.6 Å². The van der Waals surface area contributed by atoms with Crippen LogP contribution in [0, 0.1) is 0 Å². The van der Waals surface area contributed by atoms with Crippen molar-refractivity contribution in [3.63, 3.8) is 0 Å². The fourth-order valence-corrected chi connectivity index (χ4v) is 4.26. The van der Waals surface area contributed by atoms with Crippen molar-refractivity contribution in [1.29, 1.82) is 0 Å². The second-order valence-electron chi connectivity index (χ2n) is 5.06. The third kappa shape index (κ3) is 2.62. The van der Waals surface area contributed by atoms with Crippen LogP contribution in [0.15, 0.2) is 59.5 Å². The number of benzene rings is 2. The van der Waals surface area contributed by atoms with E-state index in [1.54, 1.807) is 12.1 Å². The Labute approximate surface area is 119 Å². The summed E-state index contributed by atoms with van der Waals surface area (Å²) >= 11 is 0. The first-order chi connectivity index (χ1) is 9.67. The second-order valence-corrected chi connectivity index (χ2v) is 7.14. The third-order valence-corrected chi connectivity index (χ3v) is 5.52. The minimum Gasteiger partial charge on any atom is -0.306 e. The molecule has 1 unspecified atom stereocenters. The van der Waals surface area contributed by atoms with Gasteiger partial charge in [0.15, 0.2) is 9.84 Å². The monoisotopic (exact) mass is 287 g/mol. The molecule has 0 fully saturated rings. The summed E-state index contributed by atoms with van der Waals surface area (Å²) in [5.41, 5.74) is 2.10. The molecule has 0 saturated carbocycles. The minimum atomic E-state index is -3.10. The van der Waals surface area contributed by atoms with Crippen LogP contribution in [-0.4, -0.2) is 14.2 Å². The molecule has 2 aromatic rings. The molecule has 2 aromatic carbocycles. The van der Waals surface area contributed by atoms with Crippen molar-refractivity contribution in [3.8, 4) is 0 Å². The van der Waals surface area contributed by atoms with E-state index in [0.29, 0.717) is 11.3 Å². The van der Waals surface area contributed by atoms with Crippen LogP contribution in [0.4, 0.5) is 0 Å². The van der Waals surface area contributed by atoms with E-state index in [0.717, 1.165) is 12.1 Å². The van der Waals surface area contributed by atoms with Crippen molar-refractivity contribution in [1.82, 2.24) is 5.32 Å². The van der Waals surface area contributed by atoms with Crippen LogP contribution < -0.4 is 5.32 Å². The minimum absolute atomic E-state index is 0.106. The summed E-state index contributed by atoms with van der Waals surface area (Å²) < 4.78 is 24.1. The summed E-state index contributed by atoms with van der Waals surface area (Å²) in [7, 11) is -3.10. The topological polar surface area (TPSA) is 46.2 Å². The predicted octanol–water partition coefficient (Wildman–Crippen LogP) is 2.69. The Hall–Kier alpha value is -1.65. The third-order valence-electron chi connectivity index (χ3n) is 3.70. The lowest BCUT2D eigenvalue weighted by molar-refractivity contribution is 0.491. The molecule has 0 saturated heterocycles. The molecule has 0 bridgehead atoms.